The minimum atomic E-state index is -4.82. The Morgan fingerprint density at radius 3 is 2.04 bits per heavy atom. The summed E-state index contributed by atoms with van der Waals surface area (Å²) in [5.74, 6) is -1.33. The molecule has 12 heteroatoms. The standard InChI is InChI=1S/C33H31ClF3N3O4S/c1-23-13-15-25(16-14-23)21-39(30(32(42)38-2)19-24-9-5-3-6-10-24)31(41)22-40(45(43,44)27-11-7-4-8-12-27)29-20-26(33(35,36)37)17-18-28(29)34/h3-18,20,30H,19,21-22H2,1-2H3,(H,38,42). The number of nitrogens with one attached hydrogen (secondary N) is 1. The summed E-state index contributed by atoms with van der Waals surface area (Å²) in [7, 11) is -3.20. The predicted molar refractivity (Wildman–Crippen MR) is 167 cm³/mol. The van der Waals surface area contributed by atoms with Crippen LogP contribution in [0.1, 0.15) is 22.3 Å². The Balaban J connectivity index is 1.85. The largest absolute Gasteiger partial charge is 0.416 e. The summed E-state index contributed by atoms with van der Waals surface area (Å²) < 4.78 is 69.8. The van der Waals surface area contributed by atoms with E-state index in [9.17, 15) is 31.2 Å². The van der Waals surface area contributed by atoms with E-state index in [1.54, 1.807) is 48.5 Å². The molecular weight excluding hydrogens is 627 g/mol. The Morgan fingerprint density at radius 1 is 0.867 bits per heavy atom. The van der Waals surface area contributed by atoms with Gasteiger partial charge in [-0.1, -0.05) is 90.0 Å². The van der Waals surface area contributed by atoms with Crippen LogP contribution < -0.4 is 9.62 Å². The lowest BCUT2D eigenvalue weighted by molar-refractivity contribution is -0.139. The van der Waals surface area contributed by atoms with Crippen molar-refractivity contribution in [3.8, 4) is 0 Å². The number of hydrogen-bond donors (Lipinski definition) is 1. The van der Waals surface area contributed by atoms with Gasteiger partial charge in [-0.3, -0.25) is 13.9 Å². The van der Waals surface area contributed by atoms with Crippen LogP contribution in [0.5, 0.6) is 0 Å². The topological polar surface area (TPSA) is 86.8 Å². The number of alkyl halides is 3. The highest BCUT2D eigenvalue weighted by molar-refractivity contribution is 7.92. The van der Waals surface area contributed by atoms with Crippen LogP contribution >= 0.6 is 11.6 Å². The molecule has 0 bridgehead atoms. The Kier molecular flexibility index (Phi) is 10.6. The summed E-state index contributed by atoms with van der Waals surface area (Å²) in [5, 5.41) is 2.27. The van der Waals surface area contributed by atoms with Gasteiger partial charge >= 0.3 is 6.18 Å². The molecule has 7 nitrogen and oxygen atoms in total. The van der Waals surface area contributed by atoms with E-state index in [0.29, 0.717) is 15.9 Å². The minimum Gasteiger partial charge on any atom is -0.357 e. The average molecular weight is 658 g/mol. The number of amides is 2. The van der Waals surface area contributed by atoms with Gasteiger partial charge in [-0.15, -0.1) is 0 Å². The van der Waals surface area contributed by atoms with Crippen molar-refractivity contribution >= 4 is 39.1 Å². The van der Waals surface area contributed by atoms with Gasteiger partial charge in [0.2, 0.25) is 11.8 Å². The van der Waals surface area contributed by atoms with E-state index in [-0.39, 0.29) is 22.9 Å². The predicted octanol–water partition coefficient (Wildman–Crippen LogP) is 6.25. The van der Waals surface area contributed by atoms with Crippen molar-refractivity contribution in [1.29, 1.82) is 0 Å². The third-order valence-electron chi connectivity index (χ3n) is 7.14. The highest BCUT2D eigenvalue weighted by Crippen LogP contribution is 2.37. The Morgan fingerprint density at radius 2 is 1.47 bits per heavy atom. The average Bonchev–Trinajstić information content (AvgIpc) is 3.02. The van der Waals surface area contributed by atoms with Crippen molar-refractivity contribution < 1.29 is 31.2 Å². The fourth-order valence-electron chi connectivity index (χ4n) is 4.72. The molecule has 4 aromatic carbocycles. The summed E-state index contributed by atoms with van der Waals surface area (Å²) in [6.45, 7) is 0.868. The molecule has 4 aromatic rings. The maximum Gasteiger partial charge on any atom is 0.416 e. The van der Waals surface area contributed by atoms with E-state index in [2.05, 4.69) is 5.32 Å². The molecule has 0 aromatic heterocycles. The third-order valence-corrected chi connectivity index (χ3v) is 9.24. The summed E-state index contributed by atoms with van der Waals surface area (Å²) in [6.07, 6.45) is -4.73. The summed E-state index contributed by atoms with van der Waals surface area (Å²) in [5.41, 5.74) is 0.682. The second kappa shape index (κ2) is 14.2. The number of hydrogen-bond acceptors (Lipinski definition) is 4. The molecule has 0 spiro atoms. The van der Waals surface area contributed by atoms with E-state index in [0.717, 1.165) is 23.3 Å². The SMILES string of the molecule is CNC(=O)C(Cc1ccccc1)N(Cc1ccc(C)cc1)C(=O)CN(c1cc(C(F)(F)F)ccc1Cl)S(=O)(=O)c1ccccc1. The first kappa shape index (κ1) is 33.5. The number of sulfonamides is 1. The van der Waals surface area contributed by atoms with E-state index < -0.39 is 51.9 Å². The van der Waals surface area contributed by atoms with E-state index in [4.69, 9.17) is 11.6 Å². The van der Waals surface area contributed by atoms with Gasteiger partial charge in [0.15, 0.2) is 0 Å². The molecule has 236 valence electrons. The molecule has 0 aliphatic heterocycles. The van der Waals surface area contributed by atoms with Crippen LogP contribution in [0.25, 0.3) is 0 Å². The number of halogens is 4. The molecule has 45 heavy (non-hydrogen) atoms. The van der Waals surface area contributed by atoms with E-state index >= 15 is 0 Å². The molecule has 1 atom stereocenters. The number of rotatable bonds is 11. The van der Waals surface area contributed by atoms with Crippen molar-refractivity contribution in [1.82, 2.24) is 10.2 Å². The molecule has 0 radical (unpaired) electrons. The Hall–Kier alpha value is -4.35. The van der Waals surface area contributed by atoms with Gasteiger partial charge in [0.25, 0.3) is 10.0 Å². The van der Waals surface area contributed by atoms with Crippen LogP contribution in [0.15, 0.2) is 108 Å². The third kappa shape index (κ3) is 8.23. The number of carbonyl (C=O) groups is 2. The molecule has 0 saturated heterocycles. The van der Waals surface area contributed by atoms with Crippen molar-refractivity contribution in [2.45, 2.75) is 37.0 Å². The number of carbonyl (C=O) groups excluding carboxylic acids is 2. The van der Waals surface area contributed by atoms with Gasteiger partial charge in [-0.2, -0.15) is 13.2 Å². The second-order valence-electron chi connectivity index (χ2n) is 10.3. The fraction of sp³-hybridized carbons (Fsp3) is 0.212. The summed E-state index contributed by atoms with van der Waals surface area (Å²) >= 11 is 6.32. The molecule has 0 fully saturated rings. The highest BCUT2D eigenvalue weighted by Gasteiger charge is 2.37. The summed E-state index contributed by atoms with van der Waals surface area (Å²) in [4.78, 5) is 28.6. The fourth-order valence-corrected chi connectivity index (χ4v) is 6.44. The van der Waals surface area contributed by atoms with Crippen molar-refractivity contribution in [2.75, 3.05) is 17.9 Å². The zero-order chi connectivity index (χ0) is 32.8. The molecule has 1 N–H and O–H groups in total. The van der Waals surface area contributed by atoms with Crippen LogP contribution in [0, 0.1) is 6.92 Å². The lowest BCUT2D eigenvalue weighted by Crippen LogP contribution is -2.53. The number of benzene rings is 4. The quantitative estimate of drug-likeness (QED) is 0.207. The van der Waals surface area contributed by atoms with Crippen LogP contribution in [-0.4, -0.2) is 44.8 Å². The molecule has 0 aliphatic rings. The van der Waals surface area contributed by atoms with Crippen LogP contribution in [0.3, 0.4) is 0 Å². The van der Waals surface area contributed by atoms with E-state index in [1.807, 2.05) is 19.1 Å². The molecule has 2 amide bonds. The summed E-state index contributed by atoms with van der Waals surface area (Å²) in [6, 6.07) is 24.4. The minimum absolute atomic E-state index is 0.0837. The van der Waals surface area contributed by atoms with Crippen molar-refractivity contribution in [3.05, 3.63) is 130 Å². The first-order chi connectivity index (χ1) is 21.3. The second-order valence-corrected chi connectivity index (χ2v) is 12.6. The van der Waals surface area contributed by atoms with Crippen LogP contribution in [0.4, 0.5) is 18.9 Å². The Labute approximate surface area is 265 Å². The van der Waals surface area contributed by atoms with Crippen LogP contribution in [-0.2, 0) is 38.8 Å². The molecule has 0 aliphatic carbocycles. The maximum absolute atomic E-state index is 14.3. The van der Waals surface area contributed by atoms with Gasteiger partial charge < -0.3 is 10.2 Å². The lowest BCUT2D eigenvalue weighted by atomic mass is 10.0. The number of aryl methyl sites for hydroxylation is 1. The number of likely N-dealkylation sites (N-methyl/N-ethyl adjacent to an activating group) is 1. The zero-order valence-electron chi connectivity index (χ0n) is 24.5. The zero-order valence-corrected chi connectivity index (χ0v) is 26.0. The highest BCUT2D eigenvalue weighted by atomic mass is 35.5. The number of anilines is 1. The van der Waals surface area contributed by atoms with Gasteiger partial charge in [0.05, 0.1) is 21.2 Å². The van der Waals surface area contributed by atoms with Gasteiger partial charge in [0, 0.05) is 20.0 Å². The first-order valence-electron chi connectivity index (χ1n) is 13.9. The lowest BCUT2D eigenvalue weighted by Gasteiger charge is -2.34. The van der Waals surface area contributed by atoms with Crippen LogP contribution in [0.2, 0.25) is 5.02 Å². The molecule has 4 rings (SSSR count). The molecule has 0 saturated carbocycles. The number of nitrogens with zero attached hydrogens (tertiary/aromatic N) is 2. The van der Waals surface area contributed by atoms with Crippen molar-refractivity contribution in [3.63, 3.8) is 0 Å². The normalized spacial score (nSPS) is 12.3. The first-order valence-corrected chi connectivity index (χ1v) is 15.7. The molecule has 1 unspecified atom stereocenters. The smallest absolute Gasteiger partial charge is 0.357 e. The van der Waals surface area contributed by atoms with Gasteiger partial charge in [-0.05, 0) is 48.4 Å². The molecular formula is C33H31ClF3N3O4S. The van der Waals surface area contributed by atoms with Gasteiger partial charge in [-0.25, -0.2) is 8.42 Å². The maximum atomic E-state index is 14.3. The van der Waals surface area contributed by atoms with Gasteiger partial charge in [0.1, 0.15) is 12.6 Å². The molecule has 0 heterocycles. The van der Waals surface area contributed by atoms with E-state index in [1.165, 1.54) is 36.2 Å². The Bertz CT molecular complexity index is 1740. The monoisotopic (exact) mass is 657 g/mol. The van der Waals surface area contributed by atoms with Crippen molar-refractivity contribution in [2.24, 2.45) is 0 Å².